The molecule has 1 saturated heterocycles. The van der Waals surface area contributed by atoms with Gasteiger partial charge in [0.25, 0.3) is 5.91 Å². The van der Waals surface area contributed by atoms with E-state index < -0.39 is 0 Å². The van der Waals surface area contributed by atoms with E-state index >= 15 is 0 Å². The molecule has 2 amide bonds. The first kappa shape index (κ1) is 19.8. The number of nitrogens with one attached hydrogen (secondary N) is 2. The van der Waals surface area contributed by atoms with Gasteiger partial charge in [0, 0.05) is 35.7 Å². The number of amides is 2. The number of rotatable bonds is 5. The highest BCUT2D eigenvalue weighted by Crippen LogP contribution is 2.30. The number of para-hydroxylation sites is 1. The zero-order valence-electron chi connectivity index (χ0n) is 17.1. The third kappa shape index (κ3) is 3.96. The summed E-state index contributed by atoms with van der Waals surface area (Å²) in [4.78, 5) is 30.8. The van der Waals surface area contributed by atoms with E-state index in [1.54, 1.807) is 37.3 Å². The number of methoxy groups -OCH3 is 2. The molecule has 1 aliphatic rings. The second-order valence-electron chi connectivity index (χ2n) is 7.42. The van der Waals surface area contributed by atoms with E-state index in [2.05, 4.69) is 10.3 Å². The van der Waals surface area contributed by atoms with Gasteiger partial charge in [-0.05, 0) is 37.1 Å². The average molecular weight is 407 g/mol. The lowest BCUT2D eigenvalue weighted by atomic mass is 9.96. The second kappa shape index (κ2) is 8.49. The smallest absolute Gasteiger partial charge is 0.270 e. The molecule has 156 valence electrons. The van der Waals surface area contributed by atoms with E-state index in [-0.39, 0.29) is 17.7 Å². The maximum atomic E-state index is 13.0. The summed E-state index contributed by atoms with van der Waals surface area (Å²) >= 11 is 0. The summed E-state index contributed by atoms with van der Waals surface area (Å²) in [5.41, 5.74) is 2.12. The Bertz CT molecular complexity index is 1040. The molecule has 0 spiro atoms. The number of likely N-dealkylation sites (tertiary alicyclic amines) is 1. The number of hydrogen-bond acceptors (Lipinski definition) is 4. The van der Waals surface area contributed by atoms with Crippen molar-refractivity contribution in [2.75, 3.05) is 32.6 Å². The summed E-state index contributed by atoms with van der Waals surface area (Å²) in [6, 6.07) is 14.9. The number of carbonyl (C=O) groups excluding carboxylic acids is 2. The molecule has 0 unspecified atom stereocenters. The van der Waals surface area contributed by atoms with Gasteiger partial charge in [0.1, 0.15) is 5.69 Å². The first-order valence-corrected chi connectivity index (χ1v) is 9.99. The Kier molecular flexibility index (Phi) is 5.61. The van der Waals surface area contributed by atoms with Crippen molar-refractivity contribution in [3.05, 3.63) is 54.2 Å². The standard InChI is InChI=1S/C23H25N3O4/c1-29-20-10-9-17(13-21(20)30-2)24-22(27)16-7-5-11-26(14-16)23(28)19-12-15-6-3-4-8-18(15)25-19/h3-4,6,8-10,12-13,16,25H,5,7,11,14H2,1-2H3,(H,24,27)/t16-/m0/s1. The molecule has 7 nitrogen and oxygen atoms in total. The van der Waals surface area contributed by atoms with Crippen LogP contribution < -0.4 is 14.8 Å². The lowest BCUT2D eigenvalue weighted by Gasteiger charge is -2.31. The third-order valence-electron chi connectivity index (χ3n) is 5.49. The minimum absolute atomic E-state index is 0.0742. The normalized spacial score (nSPS) is 16.3. The first-order chi connectivity index (χ1) is 14.6. The Morgan fingerprint density at radius 3 is 2.63 bits per heavy atom. The molecule has 1 aromatic heterocycles. The molecule has 2 heterocycles. The van der Waals surface area contributed by atoms with Crippen molar-refractivity contribution in [2.24, 2.45) is 5.92 Å². The molecule has 0 bridgehead atoms. The van der Waals surface area contributed by atoms with Gasteiger partial charge in [-0.15, -0.1) is 0 Å². The number of fused-ring (bicyclic) bond motifs is 1. The van der Waals surface area contributed by atoms with E-state index in [0.717, 1.165) is 23.7 Å². The van der Waals surface area contributed by atoms with Crippen molar-refractivity contribution >= 4 is 28.4 Å². The van der Waals surface area contributed by atoms with E-state index in [1.165, 1.54) is 0 Å². The van der Waals surface area contributed by atoms with Crippen LogP contribution in [-0.4, -0.2) is 49.0 Å². The fraction of sp³-hybridized carbons (Fsp3) is 0.304. The number of piperidine rings is 1. The summed E-state index contributed by atoms with van der Waals surface area (Å²) in [5, 5.41) is 3.94. The van der Waals surface area contributed by atoms with Crippen LogP contribution in [0.2, 0.25) is 0 Å². The lowest BCUT2D eigenvalue weighted by Crippen LogP contribution is -2.43. The van der Waals surface area contributed by atoms with Crippen molar-refractivity contribution < 1.29 is 19.1 Å². The van der Waals surface area contributed by atoms with Crippen molar-refractivity contribution in [2.45, 2.75) is 12.8 Å². The minimum atomic E-state index is -0.264. The van der Waals surface area contributed by atoms with Crippen LogP contribution in [0.5, 0.6) is 11.5 Å². The molecule has 7 heteroatoms. The predicted molar refractivity (Wildman–Crippen MR) is 115 cm³/mol. The quantitative estimate of drug-likeness (QED) is 0.676. The molecular formula is C23H25N3O4. The molecule has 4 rings (SSSR count). The molecule has 3 aromatic rings. The van der Waals surface area contributed by atoms with Gasteiger partial charge < -0.3 is 24.7 Å². The molecule has 1 fully saturated rings. The van der Waals surface area contributed by atoms with Crippen molar-refractivity contribution in [3.63, 3.8) is 0 Å². The fourth-order valence-electron chi connectivity index (χ4n) is 3.89. The second-order valence-corrected chi connectivity index (χ2v) is 7.42. The Balaban J connectivity index is 1.44. The van der Waals surface area contributed by atoms with Crippen molar-refractivity contribution in [1.29, 1.82) is 0 Å². The van der Waals surface area contributed by atoms with Crippen LogP contribution in [0.1, 0.15) is 23.3 Å². The van der Waals surface area contributed by atoms with Crippen LogP contribution in [0, 0.1) is 5.92 Å². The van der Waals surface area contributed by atoms with Gasteiger partial charge in [-0.25, -0.2) is 0 Å². The Hall–Kier alpha value is -3.48. The molecular weight excluding hydrogens is 382 g/mol. The van der Waals surface area contributed by atoms with Crippen LogP contribution in [-0.2, 0) is 4.79 Å². The highest BCUT2D eigenvalue weighted by molar-refractivity contribution is 5.99. The minimum Gasteiger partial charge on any atom is -0.493 e. The van der Waals surface area contributed by atoms with Crippen molar-refractivity contribution in [3.8, 4) is 11.5 Å². The van der Waals surface area contributed by atoms with Gasteiger partial charge in [0.05, 0.1) is 20.1 Å². The van der Waals surface area contributed by atoms with Crippen LogP contribution >= 0.6 is 0 Å². The number of aromatic amines is 1. The Labute approximate surface area is 175 Å². The average Bonchev–Trinajstić information content (AvgIpc) is 3.22. The number of aromatic nitrogens is 1. The summed E-state index contributed by atoms with van der Waals surface area (Å²) < 4.78 is 10.5. The highest BCUT2D eigenvalue weighted by Gasteiger charge is 2.29. The molecule has 30 heavy (non-hydrogen) atoms. The SMILES string of the molecule is COc1ccc(NC(=O)[C@H]2CCCN(C(=O)c3cc4ccccc4[nH]3)C2)cc1OC. The summed E-state index contributed by atoms with van der Waals surface area (Å²) in [6.07, 6.45) is 1.53. The Morgan fingerprint density at radius 1 is 1.07 bits per heavy atom. The van der Waals surface area contributed by atoms with E-state index in [9.17, 15) is 9.59 Å². The summed E-state index contributed by atoms with van der Waals surface area (Å²) in [5.74, 6) is 0.712. The molecule has 0 saturated carbocycles. The first-order valence-electron chi connectivity index (χ1n) is 9.99. The number of hydrogen-bond donors (Lipinski definition) is 2. The van der Waals surface area contributed by atoms with Crippen LogP contribution in [0.15, 0.2) is 48.5 Å². The zero-order chi connectivity index (χ0) is 21.1. The third-order valence-corrected chi connectivity index (χ3v) is 5.49. The topological polar surface area (TPSA) is 83.7 Å². The van der Waals surface area contributed by atoms with Gasteiger partial charge in [-0.1, -0.05) is 18.2 Å². The van der Waals surface area contributed by atoms with Crippen LogP contribution in [0.3, 0.4) is 0 Å². The number of H-pyrrole nitrogens is 1. The monoisotopic (exact) mass is 407 g/mol. The summed E-state index contributed by atoms with van der Waals surface area (Å²) in [6.45, 7) is 1.04. The predicted octanol–water partition coefficient (Wildman–Crippen LogP) is 3.68. The molecule has 2 N–H and O–H groups in total. The number of carbonyl (C=O) groups is 2. The van der Waals surface area contributed by atoms with E-state index in [1.807, 2.05) is 30.3 Å². The van der Waals surface area contributed by atoms with Gasteiger partial charge >= 0.3 is 0 Å². The molecule has 1 atom stereocenters. The molecule has 1 aliphatic heterocycles. The number of anilines is 1. The number of ether oxygens (including phenoxy) is 2. The zero-order valence-corrected chi connectivity index (χ0v) is 17.1. The van der Waals surface area contributed by atoms with E-state index in [4.69, 9.17) is 9.47 Å². The molecule has 2 aromatic carbocycles. The maximum absolute atomic E-state index is 13.0. The highest BCUT2D eigenvalue weighted by atomic mass is 16.5. The number of benzene rings is 2. The summed E-state index contributed by atoms with van der Waals surface area (Å²) in [7, 11) is 3.12. The molecule has 0 aliphatic carbocycles. The molecule has 0 radical (unpaired) electrons. The lowest BCUT2D eigenvalue weighted by molar-refractivity contribution is -0.121. The largest absolute Gasteiger partial charge is 0.493 e. The number of nitrogens with zero attached hydrogens (tertiary/aromatic N) is 1. The maximum Gasteiger partial charge on any atom is 0.270 e. The Morgan fingerprint density at radius 2 is 1.87 bits per heavy atom. The van der Waals surface area contributed by atoms with E-state index in [0.29, 0.717) is 36.0 Å². The van der Waals surface area contributed by atoms with Gasteiger partial charge in [0.15, 0.2) is 11.5 Å². The van der Waals surface area contributed by atoms with Crippen molar-refractivity contribution in [1.82, 2.24) is 9.88 Å². The van der Waals surface area contributed by atoms with Crippen LogP contribution in [0.25, 0.3) is 10.9 Å². The van der Waals surface area contributed by atoms with Gasteiger partial charge in [-0.3, -0.25) is 9.59 Å². The van der Waals surface area contributed by atoms with Gasteiger partial charge in [0.2, 0.25) is 5.91 Å². The van der Waals surface area contributed by atoms with Crippen LogP contribution in [0.4, 0.5) is 5.69 Å². The van der Waals surface area contributed by atoms with Gasteiger partial charge in [-0.2, -0.15) is 0 Å². The fourth-order valence-corrected chi connectivity index (χ4v) is 3.89.